The van der Waals surface area contributed by atoms with Gasteiger partial charge in [0, 0.05) is 37.7 Å². The molecule has 1 aromatic carbocycles. The zero-order valence-electron chi connectivity index (χ0n) is 18.2. The molecule has 0 bridgehead atoms. The Labute approximate surface area is 206 Å². The van der Waals surface area contributed by atoms with Gasteiger partial charge in [-0.05, 0) is 32.1 Å². The Morgan fingerprint density at radius 2 is 2.03 bits per heavy atom. The summed E-state index contributed by atoms with van der Waals surface area (Å²) in [5.41, 5.74) is 2.21. The Morgan fingerprint density at radius 1 is 1.23 bits per heavy atom. The maximum atomic E-state index is 6.14. The second-order valence-corrected chi connectivity index (χ2v) is 8.78. The number of halogens is 1. The molecule has 3 heterocycles. The number of hydrogen-bond donors (Lipinski definition) is 1. The standard InChI is InChI=1S/C23H32N4O2S.HI/c1-24-23(25-15-19-17-30-22(26-19)18-7-3-2-4-8-18)27-12-10-20(11-13-27)29-16-21-9-5-6-14-28-21;/h2-4,7-8,17,20-21H,5-6,9-16H2,1H3,(H,24,25);1H. The maximum Gasteiger partial charge on any atom is 0.193 e. The highest BCUT2D eigenvalue weighted by Gasteiger charge is 2.23. The molecule has 2 aromatic rings. The summed E-state index contributed by atoms with van der Waals surface area (Å²) in [5, 5.41) is 6.66. The van der Waals surface area contributed by atoms with E-state index in [9.17, 15) is 0 Å². The lowest BCUT2D eigenvalue weighted by Gasteiger charge is -2.35. The van der Waals surface area contributed by atoms with Crippen LogP contribution in [0, 0.1) is 0 Å². The largest absolute Gasteiger partial charge is 0.376 e. The molecular weight excluding hydrogens is 523 g/mol. The molecule has 4 rings (SSSR count). The first kappa shape index (κ1) is 24.4. The van der Waals surface area contributed by atoms with Crippen molar-refractivity contribution in [2.75, 3.05) is 33.4 Å². The molecule has 6 nitrogen and oxygen atoms in total. The lowest BCUT2D eigenvalue weighted by Crippen LogP contribution is -2.47. The number of guanidine groups is 1. The molecule has 2 aliphatic rings. The number of nitrogens with one attached hydrogen (secondary N) is 1. The van der Waals surface area contributed by atoms with Gasteiger partial charge in [0.1, 0.15) is 5.01 Å². The molecule has 2 aliphatic heterocycles. The highest BCUT2D eigenvalue weighted by Crippen LogP contribution is 2.23. The first-order valence-corrected chi connectivity index (χ1v) is 11.9. The molecular formula is C23H33IN4O2S. The van der Waals surface area contributed by atoms with E-state index >= 15 is 0 Å². The molecule has 0 aliphatic carbocycles. The topological polar surface area (TPSA) is 59.0 Å². The predicted molar refractivity (Wildman–Crippen MR) is 137 cm³/mol. The number of thiazole rings is 1. The fourth-order valence-corrected chi connectivity index (χ4v) is 4.85. The maximum absolute atomic E-state index is 6.14. The lowest BCUT2D eigenvalue weighted by atomic mass is 10.1. The van der Waals surface area contributed by atoms with Crippen LogP contribution in [-0.4, -0.2) is 61.4 Å². The third kappa shape index (κ3) is 7.13. The van der Waals surface area contributed by atoms with Gasteiger partial charge in [-0.15, -0.1) is 35.3 Å². The van der Waals surface area contributed by atoms with Crippen molar-refractivity contribution in [2.45, 2.75) is 50.9 Å². The molecule has 170 valence electrons. The molecule has 8 heteroatoms. The van der Waals surface area contributed by atoms with Crippen molar-refractivity contribution in [3.05, 3.63) is 41.4 Å². The quantitative estimate of drug-likeness (QED) is 0.322. The van der Waals surface area contributed by atoms with Gasteiger partial charge in [-0.2, -0.15) is 0 Å². The van der Waals surface area contributed by atoms with E-state index in [1.165, 1.54) is 18.4 Å². The third-order valence-electron chi connectivity index (χ3n) is 5.75. The molecule has 1 aromatic heterocycles. The first-order chi connectivity index (χ1) is 14.8. The summed E-state index contributed by atoms with van der Waals surface area (Å²) in [6, 6.07) is 10.3. The monoisotopic (exact) mass is 556 g/mol. The number of rotatable bonds is 6. The van der Waals surface area contributed by atoms with E-state index < -0.39 is 0 Å². The summed E-state index contributed by atoms with van der Waals surface area (Å²) >= 11 is 1.68. The Kier molecular flexibility index (Phi) is 10.0. The molecule has 1 N–H and O–H groups in total. The zero-order valence-corrected chi connectivity index (χ0v) is 21.3. The molecule has 0 radical (unpaired) electrons. The Morgan fingerprint density at radius 3 is 2.74 bits per heavy atom. The summed E-state index contributed by atoms with van der Waals surface area (Å²) < 4.78 is 11.9. The number of aromatic nitrogens is 1. The minimum absolute atomic E-state index is 0. The van der Waals surface area contributed by atoms with Crippen molar-refractivity contribution < 1.29 is 9.47 Å². The van der Waals surface area contributed by atoms with Crippen LogP contribution in [0.4, 0.5) is 0 Å². The van der Waals surface area contributed by atoms with E-state index in [2.05, 4.69) is 32.7 Å². The molecule has 0 amide bonds. The van der Waals surface area contributed by atoms with Crippen LogP contribution in [0.1, 0.15) is 37.8 Å². The zero-order chi connectivity index (χ0) is 20.6. The summed E-state index contributed by atoms with van der Waals surface area (Å²) in [6.45, 7) is 4.24. The number of likely N-dealkylation sites (tertiary alicyclic amines) is 1. The highest BCUT2D eigenvalue weighted by molar-refractivity contribution is 14.0. The van der Waals surface area contributed by atoms with Gasteiger partial charge in [-0.25, -0.2) is 4.98 Å². The van der Waals surface area contributed by atoms with Crippen molar-refractivity contribution >= 4 is 41.3 Å². The fourth-order valence-electron chi connectivity index (χ4n) is 4.02. The fraction of sp³-hybridized carbons (Fsp3) is 0.565. The predicted octanol–water partition coefficient (Wildman–Crippen LogP) is 4.55. The normalized spacial score (nSPS) is 20.4. The van der Waals surface area contributed by atoms with Crippen molar-refractivity contribution in [1.29, 1.82) is 0 Å². The van der Waals surface area contributed by atoms with Crippen LogP contribution in [0.3, 0.4) is 0 Å². The smallest absolute Gasteiger partial charge is 0.193 e. The van der Waals surface area contributed by atoms with Crippen molar-refractivity contribution in [3.8, 4) is 10.6 Å². The van der Waals surface area contributed by atoms with E-state index in [0.29, 0.717) is 18.8 Å². The highest BCUT2D eigenvalue weighted by atomic mass is 127. The van der Waals surface area contributed by atoms with Gasteiger partial charge in [0.15, 0.2) is 5.96 Å². The minimum atomic E-state index is 0. The average molecular weight is 557 g/mol. The minimum Gasteiger partial charge on any atom is -0.376 e. The molecule has 31 heavy (non-hydrogen) atoms. The van der Waals surface area contributed by atoms with Gasteiger partial charge in [0.2, 0.25) is 0 Å². The average Bonchev–Trinajstić information content (AvgIpc) is 3.29. The van der Waals surface area contributed by atoms with E-state index in [1.807, 2.05) is 25.2 Å². The molecule has 1 unspecified atom stereocenters. The number of aliphatic imine (C=N–C) groups is 1. The lowest BCUT2D eigenvalue weighted by molar-refractivity contribution is -0.0721. The van der Waals surface area contributed by atoms with Crippen LogP contribution in [0.15, 0.2) is 40.7 Å². The Hall–Kier alpha value is -1.23. The summed E-state index contributed by atoms with van der Waals surface area (Å²) in [4.78, 5) is 11.6. The molecule has 2 fully saturated rings. The van der Waals surface area contributed by atoms with Gasteiger partial charge >= 0.3 is 0 Å². The van der Waals surface area contributed by atoms with Gasteiger partial charge in [-0.3, -0.25) is 4.99 Å². The molecule has 1 atom stereocenters. The number of benzene rings is 1. The van der Waals surface area contributed by atoms with E-state index in [0.717, 1.165) is 62.2 Å². The Balaban J connectivity index is 0.00000272. The van der Waals surface area contributed by atoms with E-state index in [4.69, 9.17) is 14.5 Å². The molecule has 2 saturated heterocycles. The summed E-state index contributed by atoms with van der Waals surface area (Å²) in [7, 11) is 1.85. The number of hydrogen-bond acceptors (Lipinski definition) is 5. The van der Waals surface area contributed by atoms with Gasteiger partial charge in [-0.1, -0.05) is 30.3 Å². The van der Waals surface area contributed by atoms with Crippen LogP contribution < -0.4 is 5.32 Å². The second-order valence-electron chi connectivity index (χ2n) is 7.92. The van der Waals surface area contributed by atoms with Gasteiger partial charge < -0.3 is 19.7 Å². The summed E-state index contributed by atoms with van der Waals surface area (Å²) in [5.74, 6) is 0.943. The summed E-state index contributed by atoms with van der Waals surface area (Å²) in [6.07, 6.45) is 6.28. The third-order valence-corrected chi connectivity index (χ3v) is 6.69. The van der Waals surface area contributed by atoms with Crippen molar-refractivity contribution in [1.82, 2.24) is 15.2 Å². The molecule has 0 spiro atoms. The van der Waals surface area contributed by atoms with Crippen LogP contribution >= 0.6 is 35.3 Å². The van der Waals surface area contributed by atoms with Crippen molar-refractivity contribution in [2.24, 2.45) is 4.99 Å². The number of ether oxygens (including phenoxy) is 2. The number of nitrogens with zero attached hydrogens (tertiary/aromatic N) is 3. The van der Waals surface area contributed by atoms with E-state index in [1.54, 1.807) is 11.3 Å². The molecule has 0 saturated carbocycles. The van der Waals surface area contributed by atoms with Crippen LogP contribution in [0.5, 0.6) is 0 Å². The first-order valence-electron chi connectivity index (χ1n) is 11.0. The SMILES string of the molecule is CN=C(NCc1csc(-c2ccccc2)n1)N1CCC(OCC2CCCCO2)CC1.I. The van der Waals surface area contributed by atoms with Crippen LogP contribution in [0.2, 0.25) is 0 Å². The Bertz CT molecular complexity index is 803. The van der Waals surface area contributed by atoms with E-state index in [-0.39, 0.29) is 24.0 Å². The van der Waals surface area contributed by atoms with Crippen LogP contribution in [0.25, 0.3) is 10.6 Å². The van der Waals surface area contributed by atoms with Crippen LogP contribution in [-0.2, 0) is 16.0 Å². The van der Waals surface area contributed by atoms with Crippen molar-refractivity contribution in [3.63, 3.8) is 0 Å². The second kappa shape index (κ2) is 12.7. The van der Waals surface area contributed by atoms with Gasteiger partial charge in [0.05, 0.1) is 31.1 Å². The van der Waals surface area contributed by atoms with Gasteiger partial charge in [0.25, 0.3) is 0 Å². The number of piperidine rings is 1.